The minimum absolute atomic E-state index is 0.00639. The van der Waals surface area contributed by atoms with Gasteiger partial charge in [0, 0.05) is 32.6 Å². The molecule has 0 radical (unpaired) electrons. The maximum Gasteiger partial charge on any atom is 0.241 e. The molecule has 6 nitrogen and oxygen atoms in total. The molecule has 3 amide bonds. The van der Waals surface area contributed by atoms with Crippen LogP contribution in [0.1, 0.15) is 24.8 Å². The summed E-state index contributed by atoms with van der Waals surface area (Å²) in [5.41, 5.74) is 0.0231. The van der Waals surface area contributed by atoms with E-state index >= 15 is 0 Å². The number of piperidine rings is 1. The average Bonchev–Trinajstić information content (AvgIpc) is 3.05. The van der Waals surface area contributed by atoms with Gasteiger partial charge in [-0.05, 0) is 18.9 Å². The van der Waals surface area contributed by atoms with Crippen LogP contribution in [-0.4, -0.2) is 71.7 Å². The highest BCUT2D eigenvalue weighted by molar-refractivity contribution is 5.86. The number of hydrogen-bond acceptors (Lipinski definition) is 3. The van der Waals surface area contributed by atoms with Crippen LogP contribution in [0, 0.1) is 11.6 Å². The maximum absolute atomic E-state index is 13.9. The van der Waals surface area contributed by atoms with Crippen LogP contribution in [0.4, 0.5) is 8.78 Å². The Morgan fingerprint density at radius 1 is 1.19 bits per heavy atom. The van der Waals surface area contributed by atoms with Gasteiger partial charge in [0.25, 0.3) is 0 Å². The van der Waals surface area contributed by atoms with Gasteiger partial charge < -0.3 is 14.7 Å². The van der Waals surface area contributed by atoms with Crippen LogP contribution < -0.4 is 0 Å². The van der Waals surface area contributed by atoms with Crippen LogP contribution in [0.25, 0.3) is 0 Å². The number of carbonyl (C=O) groups excluding carboxylic acids is 3. The van der Waals surface area contributed by atoms with E-state index in [-0.39, 0.29) is 54.8 Å². The number of carbonyl (C=O) groups is 3. The number of halogens is 2. The summed E-state index contributed by atoms with van der Waals surface area (Å²) in [5, 5.41) is 0. The van der Waals surface area contributed by atoms with Gasteiger partial charge in [-0.2, -0.15) is 0 Å². The van der Waals surface area contributed by atoms with Crippen molar-refractivity contribution in [3.05, 3.63) is 35.4 Å². The molecule has 2 atom stereocenters. The first kappa shape index (κ1) is 19.3. The highest BCUT2D eigenvalue weighted by atomic mass is 19.2. The number of likely N-dealkylation sites (N-methyl/N-ethyl adjacent to an activating group) is 1. The number of hydrogen-bond donors (Lipinski definition) is 0. The van der Waals surface area contributed by atoms with Gasteiger partial charge in [0.05, 0.1) is 18.5 Å². The number of fused-ring (bicyclic) bond motifs is 1. The predicted molar refractivity (Wildman–Crippen MR) is 93.6 cm³/mol. The minimum atomic E-state index is -1.00. The Labute approximate surface area is 156 Å². The van der Waals surface area contributed by atoms with Gasteiger partial charge in [-0.25, -0.2) is 8.78 Å². The highest BCUT2D eigenvalue weighted by Gasteiger charge is 2.45. The molecule has 0 aromatic heterocycles. The van der Waals surface area contributed by atoms with Crippen LogP contribution >= 0.6 is 0 Å². The molecule has 1 aromatic rings. The molecule has 2 heterocycles. The summed E-state index contributed by atoms with van der Waals surface area (Å²) in [4.78, 5) is 41.7. The van der Waals surface area contributed by atoms with Crippen molar-refractivity contribution in [2.45, 2.75) is 37.8 Å². The second kappa shape index (κ2) is 7.62. The molecule has 3 rings (SSSR count). The molecule has 2 aliphatic rings. The zero-order valence-corrected chi connectivity index (χ0v) is 15.5. The SMILES string of the molecule is CN(C)C(=O)CN1C(=O)CC[C@@H]2[C@H]1CCN2C(=O)Cc1cccc(F)c1F. The van der Waals surface area contributed by atoms with E-state index in [1.54, 1.807) is 23.9 Å². The van der Waals surface area contributed by atoms with E-state index < -0.39 is 11.6 Å². The Hall–Kier alpha value is -2.51. The molecule has 1 aromatic carbocycles. The molecule has 0 saturated carbocycles. The van der Waals surface area contributed by atoms with Gasteiger partial charge in [-0.15, -0.1) is 0 Å². The van der Waals surface area contributed by atoms with E-state index in [2.05, 4.69) is 0 Å². The molecule has 27 heavy (non-hydrogen) atoms. The zero-order chi connectivity index (χ0) is 19.7. The lowest BCUT2D eigenvalue weighted by Crippen LogP contribution is -2.55. The summed E-state index contributed by atoms with van der Waals surface area (Å²) in [6, 6.07) is 3.39. The van der Waals surface area contributed by atoms with E-state index in [9.17, 15) is 23.2 Å². The summed E-state index contributed by atoms with van der Waals surface area (Å²) in [6.07, 6.45) is 1.14. The topological polar surface area (TPSA) is 60.9 Å². The van der Waals surface area contributed by atoms with Gasteiger partial charge in [0.15, 0.2) is 11.6 Å². The molecule has 8 heteroatoms. The molecule has 2 saturated heterocycles. The number of likely N-dealkylation sites (tertiary alicyclic amines) is 2. The third-order valence-corrected chi connectivity index (χ3v) is 5.38. The van der Waals surface area contributed by atoms with E-state index in [1.165, 1.54) is 17.0 Å². The van der Waals surface area contributed by atoms with E-state index in [0.717, 1.165) is 6.07 Å². The van der Waals surface area contributed by atoms with Crippen molar-refractivity contribution in [1.82, 2.24) is 14.7 Å². The van der Waals surface area contributed by atoms with Crippen molar-refractivity contribution in [3.63, 3.8) is 0 Å². The molecule has 0 N–H and O–H groups in total. The number of nitrogens with zero attached hydrogens (tertiary/aromatic N) is 3. The van der Waals surface area contributed by atoms with Crippen LogP contribution in [-0.2, 0) is 20.8 Å². The van der Waals surface area contributed by atoms with Gasteiger partial charge in [0.1, 0.15) is 6.54 Å². The average molecular weight is 379 g/mol. The second-order valence-electron chi connectivity index (χ2n) is 7.25. The Morgan fingerprint density at radius 2 is 1.93 bits per heavy atom. The van der Waals surface area contributed by atoms with Gasteiger partial charge in [-0.1, -0.05) is 12.1 Å². The molecule has 0 aliphatic carbocycles. The molecule has 2 fully saturated rings. The first-order chi connectivity index (χ1) is 12.8. The first-order valence-electron chi connectivity index (χ1n) is 9.01. The fourth-order valence-electron chi connectivity index (χ4n) is 3.90. The molecule has 0 spiro atoms. The third kappa shape index (κ3) is 3.79. The van der Waals surface area contributed by atoms with E-state index in [1.807, 2.05) is 0 Å². The van der Waals surface area contributed by atoms with Crippen molar-refractivity contribution in [2.24, 2.45) is 0 Å². The Kier molecular flexibility index (Phi) is 5.43. The van der Waals surface area contributed by atoms with Crippen LogP contribution in [0.5, 0.6) is 0 Å². The standard InChI is InChI=1S/C19H23F2N3O3/c1-22(2)18(27)11-24-15-8-9-23(14(15)6-7-16(24)25)17(26)10-12-4-3-5-13(20)19(12)21/h3-5,14-15H,6-11H2,1-2H3/t14-,15-/m1/s1. The Balaban J connectivity index is 1.72. The maximum atomic E-state index is 13.9. The molecular formula is C19H23F2N3O3. The number of benzene rings is 1. The Morgan fingerprint density at radius 3 is 2.63 bits per heavy atom. The summed E-state index contributed by atoms with van der Waals surface area (Å²) >= 11 is 0. The number of amides is 3. The molecule has 146 valence electrons. The normalized spacial score (nSPS) is 22.0. The lowest BCUT2D eigenvalue weighted by molar-refractivity contribution is -0.146. The summed E-state index contributed by atoms with van der Waals surface area (Å²) < 4.78 is 27.3. The smallest absolute Gasteiger partial charge is 0.241 e. The highest BCUT2D eigenvalue weighted by Crippen LogP contribution is 2.32. The van der Waals surface area contributed by atoms with Gasteiger partial charge in [-0.3, -0.25) is 14.4 Å². The zero-order valence-electron chi connectivity index (χ0n) is 15.5. The van der Waals surface area contributed by atoms with Crippen molar-refractivity contribution in [3.8, 4) is 0 Å². The van der Waals surface area contributed by atoms with Crippen molar-refractivity contribution in [1.29, 1.82) is 0 Å². The quantitative estimate of drug-likeness (QED) is 0.790. The molecule has 0 unspecified atom stereocenters. The van der Waals surface area contributed by atoms with Gasteiger partial charge >= 0.3 is 0 Å². The monoisotopic (exact) mass is 379 g/mol. The third-order valence-electron chi connectivity index (χ3n) is 5.38. The second-order valence-corrected chi connectivity index (χ2v) is 7.25. The van der Waals surface area contributed by atoms with Gasteiger partial charge in [0.2, 0.25) is 17.7 Å². The summed E-state index contributed by atoms with van der Waals surface area (Å²) in [7, 11) is 3.26. The van der Waals surface area contributed by atoms with E-state index in [0.29, 0.717) is 19.4 Å². The van der Waals surface area contributed by atoms with Crippen molar-refractivity contribution >= 4 is 17.7 Å². The lowest BCUT2D eigenvalue weighted by atomic mass is 9.96. The molecule has 2 aliphatic heterocycles. The largest absolute Gasteiger partial charge is 0.347 e. The fraction of sp³-hybridized carbons (Fsp3) is 0.526. The fourth-order valence-corrected chi connectivity index (χ4v) is 3.90. The minimum Gasteiger partial charge on any atom is -0.347 e. The van der Waals surface area contributed by atoms with Crippen LogP contribution in [0.15, 0.2) is 18.2 Å². The van der Waals surface area contributed by atoms with Crippen LogP contribution in [0.2, 0.25) is 0 Å². The first-order valence-corrected chi connectivity index (χ1v) is 9.01. The Bertz CT molecular complexity index is 769. The number of rotatable bonds is 4. The van der Waals surface area contributed by atoms with Crippen molar-refractivity contribution < 1.29 is 23.2 Å². The lowest BCUT2D eigenvalue weighted by Gasteiger charge is -2.39. The van der Waals surface area contributed by atoms with Crippen LogP contribution in [0.3, 0.4) is 0 Å². The summed E-state index contributed by atoms with van der Waals surface area (Å²) in [5.74, 6) is -2.53. The summed E-state index contributed by atoms with van der Waals surface area (Å²) in [6.45, 7) is 0.429. The molecule has 0 bridgehead atoms. The predicted octanol–water partition coefficient (Wildman–Crippen LogP) is 1.19. The molecular weight excluding hydrogens is 356 g/mol. The van der Waals surface area contributed by atoms with Crippen molar-refractivity contribution in [2.75, 3.05) is 27.2 Å². The van der Waals surface area contributed by atoms with E-state index in [4.69, 9.17) is 0 Å².